The highest BCUT2D eigenvalue weighted by atomic mass is 35.5. The lowest BCUT2D eigenvalue weighted by Crippen LogP contribution is -2.28. The van der Waals surface area contributed by atoms with E-state index in [1.165, 1.54) is 7.11 Å². The van der Waals surface area contributed by atoms with Crippen LogP contribution in [0.4, 0.5) is 0 Å². The minimum atomic E-state index is -0.285. The lowest BCUT2D eigenvalue weighted by molar-refractivity contribution is -0.123. The third-order valence-corrected chi connectivity index (χ3v) is 3.36. The molecule has 0 aliphatic carbocycles. The van der Waals surface area contributed by atoms with Crippen LogP contribution in [0.3, 0.4) is 0 Å². The Kier molecular flexibility index (Phi) is 6.00. The molecular weight excluding hydrogens is 318 g/mol. The van der Waals surface area contributed by atoms with E-state index in [1.807, 2.05) is 12.1 Å². The van der Waals surface area contributed by atoms with Gasteiger partial charge in [0, 0.05) is 11.6 Å². The molecule has 120 valence electrons. The maximum Gasteiger partial charge on any atom is 0.258 e. The fourth-order valence-electron chi connectivity index (χ4n) is 1.87. The number of benzene rings is 2. The van der Waals surface area contributed by atoms with Crippen molar-refractivity contribution >= 4 is 23.8 Å². The van der Waals surface area contributed by atoms with E-state index in [0.29, 0.717) is 34.9 Å². The molecule has 23 heavy (non-hydrogen) atoms. The zero-order chi connectivity index (χ0) is 16.7. The molecule has 0 spiro atoms. The van der Waals surface area contributed by atoms with E-state index in [1.54, 1.807) is 30.3 Å². The van der Waals surface area contributed by atoms with Crippen molar-refractivity contribution in [2.24, 2.45) is 0 Å². The minimum Gasteiger partial charge on any atom is -0.497 e. The maximum atomic E-state index is 11.8. The zero-order valence-electron chi connectivity index (χ0n) is 12.5. The summed E-state index contributed by atoms with van der Waals surface area (Å²) in [7, 11) is 1.51. The van der Waals surface area contributed by atoms with Crippen LogP contribution in [-0.4, -0.2) is 25.9 Å². The number of ether oxygens (including phenoxy) is 2. The number of hydrogen-bond acceptors (Lipinski definition) is 4. The van der Waals surface area contributed by atoms with E-state index in [2.05, 4.69) is 5.32 Å². The van der Waals surface area contributed by atoms with Crippen molar-refractivity contribution in [1.29, 1.82) is 0 Å². The SMILES string of the molecule is COc1ccc(OCC(=O)NCc2ccc(Cl)cc2)c(C=O)c1. The summed E-state index contributed by atoms with van der Waals surface area (Å²) < 4.78 is 10.4. The molecule has 0 fully saturated rings. The predicted molar refractivity (Wildman–Crippen MR) is 87.2 cm³/mol. The lowest BCUT2D eigenvalue weighted by Gasteiger charge is -2.10. The van der Waals surface area contributed by atoms with Crippen LogP contribution in [0, 0.1) is 0 Å². The standard InChI is InChI=1S/C17H16ClNO4/c1-22-15-6-7-16(13(8-15)10-20)23-11-17(21)19-9-12-2-4-14(18)5-3-12/h2-8,10H,9,11H2,1H3,(H,19,21). The first kappa shape index (κ1) is 16.8. The third-order valence-electron chi connectivity index (χ3n) is 3.11. The van der Waals surface area contributed by atoms with Crippen molar-refractivity contribution in [3.63, 3.8) is 0 Å². The number of aldehydes is 1. The van der Waals surface area contributed by atoms with Crippen molar-refractivity contribution in [3.8, 4) is 11.5 Å². The van der Waals surface area contributed by atoms with E-state index in [4.69, 9.17) is 21.1 Å². The highest BCUT2D eigenvalue weighted by Crippen LogP contribution is 2.22. The Morgan fingerprint density at radius 3 is 2.61 bits per heavy atom. The average Bonchev–Trinajstić information content (AvgIpc) is 2.59. The molecule has 0 bridgehead atoms. The molecule has 1 N–H and O–H groups in total. The Morgan fingerprint density at radius 1 is 1.22 bits per heavy atom. The first-order chi connectivity index (χ1) is 11.1. The van der Waals surface area contributed by atoms with Gasteiger partial charge in [0.05, 0.1) is 12.7 Å². The number of hydrogen-bond donors (Lipinski definition) is 1. The number of rotatable bonds is 7. The van der Waals surface area contributed by atoms with Crippen molar-refractivity contribution in [2.75, 3.05) is 13.7 Å². The van der Waals surface area contributed by atoms with Gasteiger partial charge in [0.2, 0.25) is 0 Å². The maximum absolute atomic E-state index is 11.8. The van der Waals surface area contributed by atoms with Gasteiger partial charge >= 0.3 is 0 Å². The number of methoxy groups -OCH3 is 1. The second-order valence-corrected chi connectivity index (χ2v) is 5.15. The van der Waals surface area contributed by atoms with Crippen LogP contribution in [-0.2, 0) is 11.3 Å². The van der Waals surface area contributed by atoms with Gasteiger partial charge in [-0.1, -0.05) is 23.7 Å². The van der Waals surface area contributed by atoms with Gasteiger partial charge in [-0.25, -0.2) is 0 Å². The molecule has 6 heteroatoms. The highest BCUT2D eigenvalue weighted by Gasteiger charge is 2.08. The number of carbonyl (C=O) groups excluding carboxylic acids is 2. The summed E-state index contributed by atoms with van der Waals surface area (Å²) >= 11 is 5.80. The molecule has 0 radical (unpaired) electrons. The number of halogens is 1. The third kappa shape index (κ3) is 5.00. The Morgan fingerprint density at radius 2 is 1.96 bits per heavy atom. The molecule has 2 aromatic carbocycles. The van der Waals surface area contributed by atoms with E-state index >= 15 is 0 Å². The summed E-state index contributed by atoms with van der Waals surface area (Å²) in [5.41, 5.74) is 1.26. The van der Waals surface area contributed by atoms with Crippen LogP contribution in [0.15, 0.2) is 42.5 Å². The predicted octanol–water partition coefficient (Wildman–Crippen LogP) is 2.86. The summed E-state index contributed by atoms with van der Waals surface area (Å²) in [4.78, 5) is 22.8. The van der Waals surface area contributed by atoms with Gasteiger partial charge in [-0.2, -0.15) is 0 Å². The van der Waals surface area contributed by atoms with Gasteiger partial charge < -0.3 is 14.8 Å². The second kappa shape index (κ2) is 8.19. The smallest absolute Gasteiger partial charge is 0.258 e. The van der Waals surface area contributed by atoms with Crippen LogP contribution in [0.25, 0.3) is 0 Å². The molecule has 5 nitrogen and oxygen atoms in total. The molecule has 0 aromatic heterocycles. The molecule has 2 rings (SSSR count). The normalized spacial score (nSPS) is 10.0. The van der Waals surface area contributed by atoms with Crippen molar-refractivity contribution < 1.29 is 19.1 Å². The summed E-state index contributed by atoms with van der Waals surface area (Å²) in [5.74, 6) is 0.599. The van der Waals surface area contributed by atoms with E-state index < -0.39 is 0 Å². The van der Waals surface area contributed by atoms with E-state index in [9.17, 15) is 9.59 Å². The summed E-state index contributed by atoms with van der Waals surface area (Å²) in [5, 5.41) is 3.37. The van der Waals surface area contributed by atoms with Crippen LogP contribution in [0.2, 0.25) is 5.02 Å². The monoisotopic (exact) mass is 333 g/mol. The zero-order valence-corrected chi connectivity index (χ0v) is 13.3. The fraction of sp³-hybridized carbons (Fsp3) is 0.176. The lowest BCUT2D eigenvalue weighted by atomic mass is 10.2. The fourth-order valence-corrected chi connectivity index (χ4v) is 2.00. The highest BCUT2D eigenvalue weighted by molar-refractivity contribution is 6.30. The first-order valence-corrected chi connectivity index (χ1v) is 7.27. The Bertz CT molecular complexity index is 685. The molecular formula is C17H16ClNO4. The topological polar surface area (TPSA) is 64.6 Å². The van der Waals surface area contributed by atoms with Crippen molar-refractivity contribution in [1.82, 2.24) is 5.32 Å². The summed E-state index contributed by atoms with van der Waals surface area (Å²) in [6, 6.07) is 12.0. The van der Waals surface area contributed by atoms with Gasteiger partial charge in [-0.15, -0.1) is 0 Å². The van der Waals surface area contributed by atoms with Gasteiger partial charge in [0.25, 0.3) is 5.91 Å². The average molecular weight is 334 g/mol. The van der Waals surface area contributed by atoms with Crippen LogP contribution < -0.4 is 14.8 Å². The Hall–Kier alpha value is -2.53. The van der Waals surface area contributed by atoms with Crippen LogP contribution >= 0.6 is 11.6 Å². The van der Waals surface area contributed by atoms with Crippen LogP contribution in [0.5, 0.6) is 11.5 Å². The van der Waals surface area contributed by atoms with Crippen LogP contribution in [0.1, 0.15) is 15.9 Å². The first-order valence-electron chi connectivity index (χ1n) is 6.89. The molecule has 0 aliphatic rings. The molecule has 0 saturated heterocycles. The Labute approximate surface area is 139 Å². The molecule has 0 aliphatic heterocycles. The van der Waals surface area contributed by atoms with E-state index in [-0.39, 0.29) is 12.5 Å². The number of amides is 1. The molecule has 0 heterocycles. The molecule has 0 saturated carbocycles. The summed E-state index contributed by atoms with van der Waals surface area (Å²) in [6.45, 7) is 0.198. The van der Waals surface area contributed by atoms with Crippen molar-refractivity contribution in [3.05, 3.63) is 58.6 Å². The van der Waals surface area contributed by atoms with Gasteiger partial charge in [0.15, 0.2) is 12.9 Å². The quantitative estimate of drug-likeness (QED) is 0.791. The molecule has 0 atom stereocenters. The van der Waals surface area contributed by atoms with Gasteiger partial charge in [-0.05, 0) is 35.9 Å². The van der Waals surface area contributed by atoms with Gasteiger partial charge in [0.1, 0.15) is 11.5 Å². The Balaban J connectivity index is 1.86. The summed E-state index contributed by atoms with van der Waals surface area (Å²) in [6.07, 6.45) is 0.656. The van der Waals surface area contributed by atoms with Gasteiger partial charge in [-0.3, -0.25) is 9.59 Å². The molecule has 1 amide bonds. The van der Waals surface area contributed by atoms with E-state index in [0.717, 1.165) is 5.56 Å². The minimum absolute atomic E-state index is 0.180. The van der Waals surface area contributed by atoms with Crippen molar-refractivity contribution in [2.45, 2.75) is 6.54 Å². The molecule has 2 aromatic rings. The number of nitrogens with one attached hydrogen (secondary N) is 1. The molecule has 0 unspecified atom stereocenters. The second-order valence-electron chi connectivity index (χ2n) is 4.71. The largest absolute Gasteiger partial charge is 0.497 e. The number of carbonyl (C=O) groups is 2.